The molecule has 0 aromatic heterocycles. The molecule has 0 saturated carbocycles. The summed E-state index contributed by atoms with van der Waals surface area (Å²) in [5.41, 5.74) is 0. The third-order valence-corrected chi connectivity index (χ3v) is 0.428. The van der Waals surface area contributed by atoms with E-state index in [0.29, 0.717) is 0 Å². The minimum Gasteiger partial charge on any atom is -0.391 e. The highest BCUT2D eigenvalue weighted by atomic mass is 32.1. The summed E-state index contributed by atoms with van der Waals surface area (Å²) < 4.78 is 9.23. The molecule has 0 atom stereocenters. The van der Waals surface area contributed by atoms with Crippen LogP contribution in [0.25, 0.3) is 0 Å². The van der Waals surface area contributed by atoms with E-state index in [0.717, 1.165) is 0 Å². The van der Waals surface area contributed by atoms with Gasteiger partial charge in [-0.15, -0.1) is 0 Å². The number of hydrogen-bond donors (Lipinski definition) is 1. The molecule has 0 aromatic carbocycles. The minimum absolute atomic E-state index is 0.131. The molecule has 0 rings (SSSR count). The molecule has 3 heteroatoms. The Morgan fingerprint density at radius 1 is 2.00 bits per heavy atom. The number of aliphatic hydroxyl groups excluding tert-OH is 1. The highest BCUT2D eigenvalue weighted by Gasteiger charge is 1.53. The van der Waals surface area contributed by atoms with Crippen molar-refractivity contribution < 1.29 is 9.32 Å². The summed E-state index contributed by atoms with van der Waals surface area (Å²) in [5, 5.41) is 8.96. The van der Waals surface area contributed by atoms with Gasteiger partial charge in [-0.3, -0.25) is 0 Å². The maximum atomic E-state index is 9.23. The molecule has 0 spiro atoms. The Morgan fingerprint density at radius 2 is 2.60 bits per heavy atom. The average Bonchev–Trinajstić information content (AvgIpc) is 1.41. The summed E-state index contributed by atoms with van der Waals surface area (Å²) in [4.78, 5) is 0. The summed E-state index contributed by atoms with van der Waals surface area (Å²) in [5.74, 6) is 0. The zero-order valence-corrected chi connectivity index (χ0v) is 3.36. The van der Waals surface area contributed by atoms with Gasteiger partial charge in [-0.05, 0) is 0 Å². The lowest BCUT2D eigenvalue weighted by atomic mass is 10.9. The third kappa shape index (κ3) is 3.85. The number of rotatable bonds is 1. The van der Waals surface area contributed by atoms with Crippen LogP contribution in [-0.2, 0) is 11.3 Å². The van der Waals surface area contributed by atoms with Crippen LogP contribution in [0.5, 0.6) is 0 Å². The quantitative estimate of drug-likeness (QED) is 0.421. The molecule has 30 valence electrons. The zero-order chi connectivity index (χ0) is 4.12. The normalized spacial score (nSPS) is 6.60. The molecule has 0 aromatic rings. The first kappa shape index (κ1) is 4.85. The summed E-state index contributed by atoms with van der Waals surface area (Å²) >= 11 is 0.277. The molecule has 0 bridgehead atoms. The van der Waals surface area contributed by atoms with Gasteiger partial charge in [0.25, 0.3) is 0 Å². The van der Waals surface area contributed by atoms with Crippen LogP contribution >= 0.6 is 0 Å². The Labute approximate surface area is 33.5 Å². The zero-order valence-electron chi connectivity index (χ0n) is 2.55. The van der Waals surface area contributed by atoms with Gasteiger partial charge in [-0.1, -0.05) is 0 Å². The summed E-state index contributed by atoms with van der Waals surface area (Å²) in [6, 6.07) is 0. The topological polar surface area (TPSA) is 37.3 Å². The van der Waals surface area contributed by atoms with E-state index in [2.05, 4.69) is 0 Å². The van der Waals surface area contributed by atoms with Gasteiger partial charge in [0.1, 0.15) is 0 Å². The fraction of sp³-hybridized carbons (Fsp3) is 0.500. The SMILES string of the molecule is O=S=CCO. The minimum atomic E-state index is -0.131. The number of aliphatic hydroxyl groups is 1. The van der Waals surface area contributed by atoms with Crippen molar-refractivity contribution >= 4 is 16.6 Å². The van der Waals surface area contributed by atoms with E-state index < -0.39 is 0 Å². The first-order valence-electron chi connectivity index (χ1n) is 1.13. The Morgan fingerprint density at radius 3 is 2.60 bits per heavy atom. The van der Waals surface area contributed by atoms with E-state index in [1.54, 1.807) is 0 Å². The van der Waals surface area contributed by atoms with Gasteiger partial charge in [0.2, 0.25) is 0 Å². The van der Waals surface area contributed by atoms with Crippen LogP contribution in [0.1, 0.15) is 0 Å². The predicted molar refractivity (Wildman–Crippen MR) is 21.3 cm³/mol. The van der Waals surface area contributed by atoms with E-state index in [-0.39, 0.29) is 17.9 Å². The fourth-order valence-corrected chi connectivity index (χ4v) is 0.0913. The van der Waals surface area contributed by atoms with Crippen molar-refractivity contribution in [1.82, 2.24) is 0 Å². The van der Waals surface area contributed by atoms with Gasteiger partial charge in [-0.25, -0.2) is 4.21 Å². The van der Waals surface area contributed by atoms with E-state index in [9.17, 15) is 4.21 Å². The molecule has 0 saturated heterocycles. The summed E-state index contributed by atoms with van der Waals surface area (Å²) in [6.07, 6.45) is 0. The first-order valence-corrected chi connectivity index (χ1v) is 1.93. The van der Waals surface area contributed by atoms with Crippen molar-refractivity contribution in [3.8, 4) is 0 Å². The second-order valence-electron chi connectivity index (χ2n) is 0.445. The van der Waals surface area contributed by atoms with Crippen LogP contribution in [0.15, 0.2) is 0 Å². The van der Waals surface area contributed by atoms with Gasteiger partial charge in [0.15, 0.2) is 0 Å². The first-order chi connectivity index (χ1) is 2.41. The third-order valence-electron chi connectivity index (χ3n) is 0.143. The molecule has 0 radical (unpaired) electrons. The van der Waals surface area contributed by atoms with Crippen LogP contribution < -0.4 is 0 Å². The fourth-order valence-electron chi connectivity index (χ4n) is 0.0304. The Balaban J connectivity index is 2.93. The number of hydrogen-bond acceptors (Lipinski definition) is 2. The standard InChI is InChI=1S/C2H4O2S/c3-1-2-5-4/h2-3H,1H2. The summed E-state index contributed by atoms with van der Waals surface area (Å²) in [6.45, 7) is -0.131. The molecule has 1 N–H and O–H groups in total. The molecule has 5 heavy (non-hydrogen) atoms. The second-order valence-corrected chi connectivity index (χ2v) is 0.971. The van der Waals surface area contributed by atoms with Crippen molar-refractivity contribution in [3.05, 3.63) is 0 Å². The van der Waals surface area contributed by atoms with Crippen LogP contribution in [0, 0.1) is 0 Å². The van der Waals surface area contributed by atoms with E-state index in [1.165, 1.54) is 5.37 Å². The lowest BCUT2D eigenvalue weighted by Gasteiger charge is -1.58. The lowest BCUT2D eigenvalue weighted by Crippen LogP contribution is -1.76. The highest BCUT2D eigenvalue weighted by molar-refractivity contribution is 7.64. The summed E-state index contributed by atoms with van der Waals surface area (Å²) in [7, 11) is 0. The van der Waals surface area contributed by atoms with Crippen molar-refractivity contribution in [2.75, 3.05) is 6.61 Å². The van der Waals surface area contributed by atoms with Gasteiger partial charge in [-0.2, -0.15) is 0 Å². The maximum absolute atomic E-state index is 9.23. The molecule has 0 unspecified atom stereocenters. The van der Waals surface area contributed by atoms with Crippen LogP contribution in [0.4, 0.5) is 0 Å². The molecule has 0 amide bonds. The van der Waals surface area contributed by atoms with Gasteiger partial charge in [0.05, 0.1) is 17.9 Å². The van der Waals surface area contributed by atoms with Crippen molar-refractivity contribution in [1.29, 1.82) is 0 Å². The molecule has 0 aliphatic carbocycles. The molecule has 0 aliphatic rings. The molecule has 0 heterocycles. The van der Waals surface area contributed by atoms with Crippen LogP contribution in [0.3, 0.4) is 0 Å². The lowest BCUT2D eigenvalue weighted by molar-refractivity contribution is 0.363. The van der Waals surface area contributed by atoms with E-state index >= 15 is 0 Å². The van der Waals surface area contributed by atoms with E-state index in [4.69, 9.17) is 5.11 Å². The highest BCUT2D eigenvalue weighted by Crippen LogP contribution is 1.32. The van der Waals surface area contributed by atoms with Gasteiger partial charge < -0.3 is 5.11 Å². The largest absolute Gasteiger partial charge is 0.391 e. The van der Waals surface area contributed by atoms with Gasteiger partial charge >= 0.3 is 0 Å². The van der Waals surface area contributed by atoms with Crippen molar-refractivity contribution in [2.24, 2.45) is 0 Å². The molecule has 0 fully saturated rings. The van der Waals surface area contributed by atoms with E-state index in [1.807, 2.05) is 0 Å². The molecular formula is C2H4O2S. The van der Waals surface area contributed by atoms with Crippen LogP contribution in [0.2, 0.25) is 0 Å². The Bertz CT molecular complexity index is 54.7. The molecule has 0 aliphatic heterocycles. The smallest absolute Gasteiger partial charge is 0.0865 e. The maximum Gasteiger partial charge on any atom is 0.0865 e. The average molecular weight is 92.1 g/mol. The molecule has 2 nitrogen and oxygen atoms in total. The molecular weight excluding hydrogens is 88.1 g/mol. The van der Waals surface area contributed by atoms with Crippen molar-refractivity contribution in [2.45, 2.75) is 0 Å². The Kier molecular flexibility index (Phi) is 3.73. The van der Waals surface area contributed by atoms with Crippen LogP contribution in [-0.4, -0.2) is 21.3 Å². The monoisotopic (exact) mass is 92.0 g/mol. The Hall–Kier alpha value is -0.150. The predicted octanol–water partition coefficient (Wildman–Crippen LogP) is -1.01. The van der Waals surface area contributed by atoms with Gasteiger partial charge in [0, 0.05) is 5.37 Å². The van der Waals surface area contributed by atoms with Crippen molar-refractivity contribution in [3.63, 3.8) is 0 Å². The second kappa shape index (κ2) is 3.85.